The fourth-order valence-corrected chi connectivity index (χ4v) is 1.49. The van der Waals surface area contributed by atoms with Crippen molar-refractivity contribution in [3.05, 3.63) is 46.0 Å². The molecule has 0 bridgehead atoms. The van der Waals surface area contributed by atoms with Crippen molar-refractivity contribution in [1.29, 1.82) is 0 Å². The van der Waals surface area contributed by atoms with Crippen LogP contribution in [0.4, 0.5) is 0 Å². The summed E-state index contributed by atoms with van der Waals surface area (Å²) in [5.41, 5.74) is -0.442. The molecule has 0 aliphatic heterocycles. The maximum absolute atomic E-state index is 11.3. The summed E-state index contributed by atoms with van der Waals surface area (Å²) in [5, 5.41) is -0.0840. The molecule has 0 saturated carbocycles. The number of aromatic amines is 1. The molecule has 0 saturated heterocycles. The number of hydrogen-bond donors (Lipinski definition) is 1. The third-order valence-corrected chi connectivity index (χ3v) is 2.43. The molecule has 0 radical (unpaired) electrons. The lowest BCUT2D eigenvalue weighted by molar-refractivity contribution is 0.338. The predicted molar refractivity (Wildman–Crippen MR) is 67.6 cm³/mol. The van der Waals surface area contributed by atoms with Crippen molar-refractivity contribution >= 4 is 11.6 Å². The highest BCUT2D eigenvalue weighted by atomic mass is 35.5. The number of nitrogens with zero attached hydrogens (tertiary/aromatic N) is 1. The third-order valence-electron chi connectivity index (χ3n) is 2.10. The van der Waals surface area contributed by atoms with E-state index < -0.39 is 5.56 Å². The van der Waals surface area contributed by atoms with Crippen molar-refractivity contribution in [2.45, 2.75) is 6.92 Å². The molecule has 0 aliphatic rings. The van der Waals surface area contributed by atoms with Gasteiger partial charge in [0.1, 0.15) is 11.5 Å². The molecule has 94 valence electrons. The van der Waals surface area contributed by atoms with Gasteiger partial charge in [-0.05, 0) is 19.1 Å². The summed E-state index contributed by atoms with van der Waals surface area (Å²) in [6.07, 6.45) is 1.23. The molecule has 1 heterocycles. The molecule has 0 fully saturated rings. The standard InChI is InChI=1S/C12H11ClN2O3/c1-2-17-8-4-3-5-9(6-8)18-12-10(13)11(16)14-7-15-12/h3-7H,2H2,1H3,(H,14,15,16). The summed E-state index contributed by atoms with van der Waals surface area (Å²) >= 11 is 5.78. The van der Waals surface area contributed by atoms with Gasteiger partial charge < -0.3 is 14.5 Å². The van der Waals surface area contributed by atoms with E-state index in [1.807, 2.05) is 13.0 Å². The van der Waals surface area contributed by atoms with Gasteiger partial charge in [0.15, 0.2) is 5.02 Å². The minimum Gasteiger partial charge on any atom is -0.494 e. The molecular formula is C12H11ClN2O3. The molecule has 2 rings (SSSR count). The van der Waals surface area contributed by atoms with Crippen LogP contribution in [0.15, 0.2) is 35.4 Å². The Balaban J connectivity index is 2.25. The van der Waals surface area contributed by atoms with Gasteiger partial charge in [0, 0.05) is 6.07 Å². The number of H-pyrrole nitrogens is 1. The first kappa shape index (κ1) is 12.4. The lowest BCUT2D eigenvalue weighted by atomic mass is 10.3. The van der Waals surface area contributed by atoms with Gasteiger partial charge in [-0.2, -0.15) is 0 Å². The molecule has 0 atom stereocenters. The fourth-order valence-electron chi connectivity index (χ4n) is 1.34. The fraction of sp³-hybridized carbons (Fsp3) is 0.167. The number of nitrogens with one attached hydrogen (secondary N) is 1. The predicted octanol–water partition coefficient (Wildman–Crippen LogP) is 2.61. The molecule has 0 amide bonds. The molecule has 2 aromatic rings. The maximum atomic E-state index is 11.3. The van der Waals surface area contributed by atoms with Gasteiger partial charge in [-0.25, -0.2) is 4.98 Å². The Labute approximate surface area is 108 Å². The average Bonchev–Trinajstić information content (AvgIpc) is 2.36. The highest BCUT2D eigenvalue weighted by Crippen LogP contribution is 2.26. The summed E-state index contributed by atoms with van der Waals surface area (Å²) < 4.78 is 10.8. The molecule has 0 aliphatic carbocycles. The van der Waals surface area contributed by atoms with Gasteiger partial charge in [-0.1, -0.05) is 17.7 Å². The van der Waals surface area contributed by atoms with Crippen LogP contribution in [0.1, 0.15) is 6.92 Å². The quantitative estimate of drug-likeness (QED) is 0.924. The number of benzene rings is 1. The van der Waals surface area contributed by atoms with E-state index in [4.69, 9.17) is 21.1 Å². The van der Waals surface area contributed by atoms with E-state index in [0.29, 0.717) is 18.1 Å². The summed E-state index contributed by atoms with van der Waals surface area (Å²) in [7, 11) is 0. The van der Waals surface area contributed by atoms with Crippen molar-refractivity contribution < 1.29 is 9.47 Å². The van der Waals surface area contributed by atoms with Crippen LogP contribution >= 0.6 is 11.6 Å². The van der Waals surface area contributed by atoms with E-state index in [1.54, 1.807) is 18.2 Å². The molecule has 5 nitrogen and oxygen atoms in total. The van der Waals surface area contributed by atoms with Crippen LogP contribution in [0.3, 0.4) is 0 Å². The monoisotopic (exact) mass is 266 g/mol. The summed E-state index contributed by atoms with van der Waals surface area (Å²) in [6.45, 7) is 2.45. The molecule has 6 heteroatoms. The zero-order valence-electron chi connectivity index (χ0n) is 9.64. The Kier molecular flexibility index (Phi) is 3.84. The van der Waals surface area contributed by atoms with Crippen LogP contribution in [0, 0.1) is 0 Å². The molecule has 0 unspecified atom stereocenters. The zero-order chi connectivity index (χ0) is 13.0. The SMILES string of the molecule is CCOc1cccc(Oc2nc[nH]c(=O)c2Cl)c1. The topological polar surface area (TPSA) is 64.2 Å². The Morgan fingerprint density at radius 3 is 2.94 bits per heavy atom. The van der Waals surface area contributed by atoms with Gasteiger partial charge >= 0.3 is 0 Å². The Bertz CT molecular complexity index is 598. The van der Waals surface area contributed by atoms with Crippen LogP contribution in [0.25, 0.3) is 0 Å². The summed E-state index contributed by atoms with van der Waals surface area (Å²) in [4.78, 5) is 17.5. The lowest BCUT2D eigenvalue weighted by Crippen LogP contribution is -2.07. The summed E-state index contributed by atoms with van der Waals surface area (Å²) in [5.74, 6) is 1.24. The van der Waals surface area contributed by atoms with Gasteiger partial charge in [-0.3, -0.25) is 4.79 Å². The van der Waals surface area contributed by atoms with Gasteiger partial charge in [-0.15, -0.1) is 0 Å². The molecule has 1 aromatic carbocycles. The molecule has 1 aromatic heterocycles. The minimum absolute atomic E-state index is 0.0639. The second-order valence-corrected chi connectivity index (χ2v) is 3.74. The van der Waals surface area contributed by atoms with Crippen LogP contribution in [-0.2, 0) is 0 Å². The largest absolute Gasteiger partial charge is 0.494 e. The Hall–Kier alpha value is -2.01. The number of rotatable bonds is 4. The lowest BCUT2D eigenvalue weighted by Gasteiger charge is -2.07. The van der Waals surface area contributed by atoms with Crippen molar-refractivity contribution in [3.8, 4) is 17.4 Å². The number of ether oxygens (including phenoxy) is 2. The van der Waals surface area contributed by atoms with Crippen molar-refractivity contribution in [2.24, 2.45) is 0 Å². The van der Waals surface area contributed by atoms with E-state index in [-0.39, 0.29) is 10.9 Å². The minimum atomic E-state index is -0.442. The average molecular weight is 267 g/mol. The summed E-state index contributed by atoms with van der Waals surface area (Å²) in [6, 6.07) is 7.01. The van der Waals surface area contributed by atoms with Crippen LogP contribution in [0.5, 0.6) is 17.4 Å². The van der Waals surface area contributed by atoms with Gasteiger partial charge in [0.25, 0.3) is 5.56 Å². The number of hydrogen-bond acceptors (Lipinski definition) is 4. The maximum Gasteiger partial charge on any atom is 0.273 e. The van der Waals surface area contributed by atoms with Crippen molar-refractivity contribution in [3.63, 3.8) is 0 Å². The first-order valence-electron chi connectivity index (χ1n) is 5.34. The second kappa shape index (κ2) is 5.55. The second-order valence-electron chi connectivity index (χ2n) is 3.36. The van der Waals surface area contributed by atoms with Crippen LogP contribution < -0.4 is 15.0 Å². The number of halogens is 1. The van der Waals surface area contributed by atoms with Crippen molar-refractivity contribution in [2.75, 3.05) is 6.61 Å². The molecular weight excluding hydrogens is 256 g/mol. The van der Waals surface area contributed by atoms with E-state index in [2.05, 4.69) is 9.97 Å². The van der Waals surface area contributed by atoms with Crippen molar-refractivity contribution in [1.82, 2.24) is 9.97 Å². The highest BCUT2D eigenvalue weighted by molar-refractivity contribution is 6.31. The smallest absolute Gasteiger partial charge is 0.273 e. The van der Waals surface area contributed by atoms with Gasteiger partial charge in [0.05, 0.1) is 12.9 Å². The molecule has 1 N–H and O–H groups in total. The van der Waals surface area contributed by atoms with Crippen LogP contribution in [0.2, 0.25) is 5.02 Å². The zero-order valence-corrected chi connectivity index (χ0v) is 10.4. The molecule has 18 heavy (non-hydrogen) atoms. The molecule has 0 spiro atoms. The van der Waals surface area contributed by atoms with E-state index in [9.17, 15) is 4.79 Å². The Morgan fingerprint density at radius 1 is 1.39 bits per heavy atom. The van der Waals surface area contributed by atoms with Gasteiger partial charge in [0.2, 0.25) is 5.88 Å². The van der Waals surface area contributed by atoms with E-state index >= 15 is 0 Å². The number of aromatic nitrogens is 2. The van der Waals surface area contributed by atoms with Crippen LogP contribution in [-0.4, -0.2) is 16.6 Å². The van der Waals surface area contributed by atoms with E-state index in [0.717, 1.165) is 0 Å². The normalized spacial score (nSPS) is 10.1. The first-order valence-corrected chi connectivity index (χ1v) is 5.72. The van der Waals surface area contributed by atoms with E-state index in [1.165, 1.54) is 6.33 Å². The Morgan fingerprint density at radius 2 is 2.17 bits per heavy atom. The first-order chi connectivity index (χ1) is 8.70. The highest BCUT2D eigenvalue weighted by Gasteiger charge is 2.08. The third kappa shape index (κ3) is 2.81.